The second kappa shape index (κ2) is 7.11. The van der Waals surface area contributed by atoms with E-state index < -0.39 is 17.5 Å². The van der Waals surface area contributed by atoms with Gasteiger partial charge in [0.2, 0.25) is 5.91 Å². The number of carbonyl (C=O) groups excluding carboxylic acids is 2. The van der Waals surface area contributed by atoms with Crippen molar-refractivity contribution in [3.8, 4) is 0 Å². The average Bonchev–Trinajstić information content (AvgIpc) is 2.41. The van der Waals surface area contributed by atoms with Gasteiger partial charge in [-0.05, 0) is 32.9 Å². The summed E-state index contributed by atoms with van der Waals surface area (Å²) in [6.07, 6.45) is 0. The van der Waals surface area contributed by atoms with E-state index in [1.54, 1.807) is 32.9 Å². The molecule has 0 saturated heterocycles. The molecular weight excluding hydrogens is 313 g/mol. The average molecular weight is 332 g/mol. The Balaban J connectivity index is 2.74. The lowest BCUT2D eigenvalue weighted by Crippen LogP contribution is -2.55. The zero-order chi connectivity index (χ0) is 16.2. The molecule has 7 heteroatoms. The van der Waals surface area contributed by atoms with Crippen LogP contribution in [0.3, 0.4) is 0 Å². The molecule has 0 aromatic heterocycles. The molecule has 5 nitrogen and oxygen atoms in total. The number of hydrogen-bond donors (Lipinski definition) is 3. The highest BCUT2D eigenvalue weighted by Gasteiger charge is 2.24. The van der Waals surface area contributed by atoms with E-state index in [0.29, 0.717) is 6.54 Å². The van der Waals surface area contributed by atoms with Gasteiger partial charge in [-0.25, -0.2) is 0 Å². The first-order valence-corrected chi connectivity index (χ1v) is 7.20. The van der Waals surface area contributed by atoms with Gasteiger partial charge in [0.05, 0.1) is 15.6 Å². The molecule has 2 amide bonds. The topological polar surface area (TPSA) is 84.2 Å². The Labute approximate surface area is 134 Å². The van der Waals surface area contributed by atoms with Crippen molar-refractivity contribution in [1.29, 1.82) is 0 Å². The number of rotatable bonds is 5. The normalized spacial score (nSPS) is 12.7. The Morgan fingerprint density at radius 3 is 2.52 bits per heavy atom. The maximum absolute atomic E-state index is 12.1. The molecule has 0 bridgehead atoms. The van der Waals surface area contributed by atoms with Gasteiger partial charge in [-0.3, -0.25) is 9.59 Å². The molecule has 0 aliphatic rings. The Morgan fingerprint density at radius 1 is 1.33 bits per heavy atom. The molecule has 0 spiro atoms. The smallest absolute Gasteiger partial charge is 0.253 e. The molecule has 1 aromatic carbocycles. The van der Waals surface area contributed by atoms with E-state index in [9.17, 15) is 9.59 Å². The van der Waals surface area contributed by atoms with Gasteiger partial charge in [-0.2, -0.15) is 0 Å². The number of nitrogens with one attached hydrogen (secondary N) is 2. The van der Waals surface area contributed by atoms with Crippen LogP contribution in [0, 0.1) is 0 Å². The van der Waals surface area contributed by atoms with Gasteiger partial charge in [-0.15, -0.1) is 0 Å². The molecule has 4 N–H and O–H groups in total. The maximum Gasteiger partial charge on any atom is 0.253 e. The van der Waals surface area contributed by atoms with Gasteiger partial charge in [0.25, 0.3) is 5.91 Å². The lowest BCUT2D eigenvalue weighted by atomic mass is 10.1. The second-order valence-electron chi connectivity index (χ2n) is 5.37. The van der Waals surface area contributed by atoms with Crippen LogP contribution in [0.4, 0.5) is 0 Å². The number of benzene rings is 1. The van der Waals surface area contributed by atoms with Crippen LogP contribution in [0.1, 0.15) is 31.1 Å². The third-order valence-electron chi connectivity index (χ3n) is 2.91. The first-order chi connectivity index (χ1) is 9.68. The van der Waals surface area contributed by atoms with Crippen molar-refractivity contribution >= 4 is 35.0 Å². The first-order valence-electron chi connectivity index (χ1n) is 6.45. The monoisotopic (exact) mass is 331 g/mol. The lowest BCUT2D eigenvalue weighted by molar-refractivity contribution is -0.124. The summed E-state index contributed by atoms with van der Waals surface area (Å²) < 4.78 is 0. The molecule has 1 aromatic rings. The van der Waals surface area contributed by atoms with Crippen LogP contribution >= 0.6 is 23.2 Å². The summed E-state index contributed by atoms with van der Waals surface area (Å²) in [4.78, 5) is 24.1. The number of halogens is 2. The van der Waals surface area contributed by atoms with E-state index in [0.717, 1.165) is 0 Å². The zero-order valence-corrected chi connectivity index (χ0v) is 13.7. The van der Waals surface area contributed by atoms with Gasteiger partial charge in [-0.1, -0.05) is 29.3 Å². The second-order valence-corrected chi connectivity index (χ2v) is 6.16. The molecule has 0 heterocycles. The van der Waals surface area contributed by atoms with Crippen LogP contribution in [0.15, 0.2) is 18.2 Å². The zero-order valence-electron chi connectivity index (χ0n) is 12.2. The van der Waals surface area contributed by atoms with Crippen molar-refractivity contribution < 1.29 is 9.59 Å². The molecule has 1 unspecified atom stereocenters. The van der Waals surface area contributed by atoms with E-state index >= 15 is 0 Å². The molecular formula is C14H19Cl2N3O2. The Kier molecular flexibility index (Phi) is 6.01. The third-order valence-corrected chi connectivity index (χ3v) is 3.73. The summed E-state index contributed by atoms with van der Waals surface area (Å²) in [5.74, 6) is -0.785. The van der Waals surface area contributed by atoms with Gasteiger partial charge in [0, 0.05) is 12.1 Å². The van der Waals surface area contributed by atoms with Crippen molar-refractivity contribution in [3.63, 3.8) is 0 Å². The summed E-state index contributed by atoms with van der Waals surface area (Å²) >= 11 is 11.8. The third kappa shape index (κ3) is 4.88. The van der Waals surface area contributed by atoms with E-state index in [4.69, 9.17) is 28.9 Å². The fourth-order valence-electron chi connectivity index (χ4n) is 1.51. The van der Waals surface area contributed by atoms with Gasteiger partial charge >= 0.3 is 0 Å². The Bertz CT molecular complexity index is 547. The van der Waals surface area contributed by atoms with Gasteiger partial charge < -0.3 is 16.4 Å². The summed E-state index contributed by atoms with van der Waals surface area (Å²) in [5.41, 5.74) is 5.24. The SMILES string of the molecule is CC(NC(=O)c1cccc(Cl)c1Cl)C(=O)NC(C)(C)CN. The minimum absolute atomic E-state index is 0.159. The van der Waals surface area contributed by atoms with E-state index in [2.05, 4.69) is 10.6 Å². The van der Waals surface area contributed by atoms with Crippen molar-refractivity contribution in [2.75, 3.05) is 6.54 Å². The van der Waals surface area contributed by atoms with Crippen molar-refractivity contribution in [2.24, 2.45) is 5.73 Å². The van der Waals surface area contributed by atoms with Crippen LogP contribution in [-0.2, 0) is 4.79 Å². The van der Waals surface area contributed by atoms with Crippen LogP contribution in [0.25, 0.3) is 0 Å². The van der Waals surface area contributed by atoms with E-state index in [1.807, 2.05) is 0 Å². The van der Waals surface area contributed by atoms with Crippen LogP contribution in [-0.4, -0.2) is 29.9 Å². The summed E-state index contributed by atoms with van der Waals surface area (Å²) in [6.45, 7) is 5.47. The quantitative estimate of drug-likeness (QED) is 0.771. The highest BCUT2D eigenvalue weighted by atomic mass is 35.5. The molecule has 116 valence electrons. The summed E-state index contributed by atoms with van der Waals surface area (Å²) in [7, 11) is 0. The molecule has 0 radical (unpaired) electrons. The van der Waals surface area contributed by atoms with E-state index in [-0.39, 0.29) is 21.5 Å². The number of hydrogen-bond acceptors (Lipinski definition) is 3. The Morgan fingerprint density at radius 2 is 1.95 bits per heavy atom. The van der Waals surface area contributed by atoms with Crippen molar-refractivity contribution in [2.45, 2.75) is 32.4 Å². The minimum Gasteiger partial charge on any atom is -0.348 e. The largest absolute Gasteiger partial charge is 0.348 e. The van der Waals surface area contributed by atoms with Crippen LogP contribution in [0.5, 0.6) is 0 Å². The number of nitrogens with two attached hydrogens (primary N) is 1. The molecule has 1 atom stereocenters. The summed E-state index contributed by atoms with van der Waals surface area (Å²) in [5, 5.41) is 5.77. The molecule has 0 fully saturated rings. The molecule has 0 aliphatic carbocycles. The van der Waals surface area contributed by atoms with Crippen LogP contribution in [0.2, 0.25) is 10.0 Å². The minimum atomic E-state index is -0.724. The van der Waals surface area contributed by atoms with Crippen molar-refractivity contribution in [1.82, 2.24) is 10.6 Å². The standard InChI is InChI=1S/C14H19Cl2N3O2/c1-8(12(20)19-14(2,3)7-17)18-13(21)9-5-4-6-10(15)11(9)16/h4-6,8H,7,17H2,1-3H3,(H,18,21)(H,19,20). The molecule has 0 saturated carbocycles. The van der Waals surface area contributed by atoms with Crippen LogP contribution < -0.4 is 16.4 Å². The highest BCUT2D eigenvalue weighted by Crippen LogP contribution is 2.25. The number of amides is 2. The van der Waals surface area contributed by atoms with Crippen molar-refractivity contribution in [3.05, 3.63) is 33.8 Å². The predicted molar refractivity (Wildman–Crippen MR) is 84.7 cm³/mol. The fourth-order valence-corrected chi connectivity index (χ4v) is 1.90. The Hall–Kier alpha value is -1.30. The highest BCUT2D eigenvalue weighted by molar-refractivity contribution is 6.43. The fraction of sp³-hybridized carbons (Fsp3) is 0.429. The van der Waals surface area contributed by atoms with E-state index in [1.165, 1.54) is 6.07 Å². The lowest BCUT2D eigenvalue weighted by Gasteiger charge is -2.26. The maximum atomic E-state index is 12.1. The predicted octanol–water partition coefficient (Wildman–Crippen LogP) is 1.97. The first kappa shape index (κ1) is 17.8. The van der Waals surface area contributed by atoms with Gasteiger partial charge in [0.1, 0.15) is 6.04 Å². The number of carbonyl (C=O) groups is 2. The summed E-state index contributed by atoms with van der Waals surface area (Å²) in [6, 6.07) is 4.02. The molecule has 1 rings (SSSR count). The molecule has 0 aliphatic heterocycles. The molecule has 21 heavy (non-hydrogen) atoms. The van der Waals surface area contributed by atoms with Gasteiger partial charge in [0.15, 0.2) is 0 Å².